The second-order valence-corrected chi connectivity index (χ2v) is 6.66. The third-order valence-electron chi connectivity index (χ3n) is 4.84. The van der Waals surface area contributed by atoms with Crippen molar-refractivity contribution < 1.29 is 9.18 Å². The summed E-state index contributed by atoms with van der Waals surface area (Å²) in [6, 6.07) is 8.03. The quantitative estimate of drug-likeness (QED) is 0.889. The van der Waals surface area contributed by atoms with Crippen LogP contribution >= 0.6 is 0 Å². The molecule has 1 fully saturated rings. The number of benzene rings is 1. The summed E-state index contributed by atoms with van der Waals surface area (Å²) in [5.41, 5.74) is 5.79. The summed E-state index contributed by atoms with van der Waals surface area (Å²) in [6.07, 6.45) is 5.22. The van der Waals surface area contributed by atoms with Crippen molar-refractivity contribution in [2.24, 2.45) is 11.1 Å². The van der Waals surface area contributed by atoms with E-state index in [2.05, 4.69) is 16.5 Å². The number of anilines is 2. The van der Waals surface area contributed by atoms with E-state index in [1.807, 2.05) is 6.92 Å². The molecule has 3 N–H and O–H groups in total. The average Bonchev–Trinajstić information content (AvgIpc) is 3.01. The maximum absolute atomic E-state index is 13.1. The minimum atomic E-state index is -0.606. The molecule has 1 aliphatic carbocycles. The topological polar surface area (TPSA) is 96.7 Å². The van der Waals surface area contributed by atoms with Crippen LogP contribution in [-0.4, -0.2) is 15.7 Å². The van der Waals surface area contributed by atoms with Gasteiger partial charge in [0, 0.05) is 11.9 Å². The molecular formula is C18H20FN5O. The van der Waals surface area contributed by atoms with E-state index in [1.165, 1.54) is 12.1 Å². The van der Waals surface area contributed by atoms with Crippen LogP contribution in [0.15, 0.2) is 30.5 Å². The Morgan fingerprint density at radius 2 is 2.16 bits per heavy atom. The summed E-state index contributed by atoms with van der Waals surface area (Å²) in [4.78, 5) is 11.8. The van der Waals surface area contributed by atoms with Gasteiger partial charge in [-0.15, -0.1) is 0 Å². The van der Waals surface area contributed by atoms with Crippen LogP contribution in [0.2, 0.25) is 0 Å². The van der Waals surface area contributed by atoms with Gasteiger partial charge >= 0.3 is 0 Å². The molecule has 1 saturated carbocycles. The van der Waals surface area contributed by atoms with Crippen molar-refractivity contribution in [1.29, 1.82) is 5.26 Å². The number of carbonyl (C=O) groups excluding carboxylic acids is 1. The van der Waals surface area contributed by atoms with Crippen molar-refractivity contribution in [3.05, 3.63) is 41.8 Å². The molecule has 1 heterocycles. The van der Waals surface area contributed by atoms with Crippen molar-refractivity contribution in [1.82, 2.24) is 9.78 Å². The Morgan fingerprint density at radius 3 is 2.80 bits per heavy atom. The fraction of sp³-hybridized carbons (Fsp3) is 0.389. The van der Waals surface area contributed by atoms with Gasteiger partial charge in [0.15, 0.2) is 5.82 Å². The molecule has 130 valence electrons. The van der Waals surface area contributed by atoms with E-state index in [-0.39, 0.29) is 17.4 Å². The van der Waals surface area contributed by atoms with Gasteiger partial charge in [-0.25, -0.2) is 4.39 Å². The van der Waals surface area contributed by atoms with E-state index in [9.17, 15) is 14.4 Å². The first kappa shape index (κ1) is 17.0. The molecule has 25 heavy (non-hydrogen) atoms. The molecule has 0 bridgehead atoms. The van der Waals surface area contributed by atoms with E-state index < -0.39 is 11.3 Å². The SMILES string of the molecule is C[C@]1(C#N)CCCC[C@@H]1n1cc(C(N)=O)c(Nc2ccc(F)cc2)n1. The number of halogens is 1. The highest BCUT2D eigenvalue weighted by Crippen LogP contribution is 2.43. The normalized spacial score (nSPS) is 23.0. The lowest BCUT2D eigenvalue weighted by Crippen LogP contribution is -2.32. The van der Waals surface area contributed by atoms with Gasteiger partial charge in [0.25, 0.3) is 5.91 Å². The fourth-order valence-corrected chi connectivity index (χ4v) is 3.36. The molecule has 1 amide bonds. The molecule has 0 aliphatic heterocycles. The molecule has 1 aromatic carbocycles. The second-order valence-electron chi connectivity index (χ2n) is 6.66. The van der Waals surface area contributed by atoms with Crippen LogP contribution in [0, 0.1) is 22.6 Å². The number of nitrogens with zero attached hydrogens (tertiary/aromatic N) is 3. The summed E-state index contributed by atoms with van der Waals surface area (Å²) in [7, 11) is 0. The van der Waals surface area contributed by atoms with Gasteiger partial charge in [-0.2, -0.15) is 10.4 Å². The first-order valence-corrected chi connectivity index (χ1v) is 8.26. The molecule has 6 nitrogen and oxygen atoms in total. The Bertz CT molecular complexity index is 823. The van der Waals surface area contributed by atoms with Crippen LogP contribution in [0.1, 0.15) is 49.0 Å². The van der Waals surface area contributed by atoms with Crippen LogP contribution in [0.5, 0.6) is 0 Å². The Balaban J connectivity index is 1.95. The molecule has 0 saturated heterocycles. The fourth-order valence-electron chi connectivity index (χ4n) is 3.36. The Morgan fingerprint density at radius 1 is 1.44 bits per heavy atom. The molecule has 3 rings (SSSR count). The van der Waals surface area contributed by atoms with Crippen LogP contribution < -0.4 is 11.1 Å². The number of amides is 1. The lowest BCUT2D eigenvalue weighted by molar-refractivity contribution is 0.100. The molecule has 0 unspecified atom stereocenters. The minimum Gasteiger partial charge on any atom is -0.365 e. The number of nitriles is 1. The number of primary amides is 1. The standard InChI is InChI=1S/C18H20FN5O/c1-18(11-20)9-3-2-4-15(18)24-10-14(16(21)25)17(23-24)22-13-7-5-12(19)6-8-13/h5-8,10,15H,2-4,9H2,1H3,(H2,21,25)(H,22,23)/t15-,18+/m0/s1. The summed E-state index contributed by atoms with van der Waals surface area (Å²) in [6.45, 7) is 1.93. The van der Waals surface area contributed by atoms with E-state index in [0.717, 1.165) is 25.7 Å². The third-order valence-corrected chi connectivity index (χ3v) is 4.84. The average molecular weight is 341 g/mol. The molecule has 0 spiro atoms. The third kappa shape index (κ3) is 3.33. The van der Waals surface area contributed by atoms with E-state index >= 15 is 0 Å². The molecule has 1 aliphatic rings. The van der Waals surface area contributed by atoms with Crippen molar-refractivity contribution in [2.75, 3.05) is 5.32 Å². The molecule has 2 aromatic rings. The Kier molecular flexibility index (Phi) is 4.45. The Hall–Kier alpha value is -2.88. The van der Waals surface area contributed by atoms with Gasteiger partial charge in [0.2, 0.25) is 0 Å². The lowest BCUT2D eigenvalue weighted by atomic mass is 9.73. The number of aromatic nitrogens is 2. The molecule has 2 atom stereocenters. The summed E-state index contributed by atoms with van der Waals surface area (Å²) >= 11 is 0. The van der Waals surface area contributed by atoms with Crippen LogP contribution in [0.3, 0.4) is 0 Å². The van der Waals surface area contributed by atoms with Crippen LogP contribution in [-0.2, 0) is 0 Å². The smallest absolute Gasteiger partial charge is 0.254 e. The van der Waals surface area contributed by atoms with E-state index in [0.29, 0.717) is 11.5 Å². The molecular weight excluding hydrogens is 321 g/mol. The summed E-state index contributed by atoms with van der Waals surface area (Å²) < 4.78 is 14.7. The van der Waals surface area contributed by atoms with Crippen molar-refractivity contribution in [2.45, 2.75) is 38.6 Å². The zero-order valence-electron chi connectivity index (χ0n) is 14.0. The molecule has 1 aromatic heterocycles. The number of hydrogen-bond acceptors (Lipinski definition) is 4. The van der Waals surface area contributed by atoms with Gasteiger partial charge in [-0.05, 0) is 44.0 Å². The predicted octanol–water partition coefficient (Wildman–Crippen LogP) is 3.51. The summed E-state index contributed by atoms with van der Waals surface area (Å²) in [5.74, 6) is -0.645. The second kappa shape index (κ2) is 6.55. The largest absolute Gasteiger partial charge is 0.365 e. The van der Waals surface area contributed by atoms with Crippen molar-refractivity contribution in [3.8, 4) is 6.07 Å². The highest BCUT2D eigenvalue weighted by Gasteiger charge is 2.39. The van der Waals surface area contributed by atoms with Gasteiger partial charge in [-0.3, -0.25) is 9.48 Å². The van der Waals surface area contributed by atoms with Gasteiger partial charge in [-0.1, -0.05) is 12.8 Å². The highest BCUT2D eigenvalue weighted by atomic mass is 19.1. The highest BCUT2D eigenvalue weighted by molar-refractivity contribution is 5.98. The zero-order valence-corrected chi connectivity index (χ0v) is 14.0. The van der Waals surface area contributed by atoms with E-state index in [4.69, 9.17) is 5.73 Å². The van der Waals surface area contributed by atoms with Gasteiger partial charge in [0.05, 0.1) is 17.5 Å². The predicted molar refractivity (Wildman–Crippen MR) is 91.7 cm³/mol. The zero-order chi connectivity index (χ0) is 18.0. The number of hydrogen-bond donors (Lipinski definition) is 2. The minimum absolute atomic E-state index is 0.117. The maximum Gasteiger partial charge on any atom is 0.254 e. The van der Waals surface area contributed by atoms with Gasteiger partial charge in [0.1, 0.15) is 11.4 Å². The monoisotopic (exact) mass is 341 g/mol. The van der Waals surface area contributed by atoms with Crippen molar-refractivity contribution >= 4 is 17.4 Å². The van der Waals surface area contributed by atoms with Crippen LogP contribution in [0.25, 0.3) is 0 Å². The lowest BCUT2D eigenvalue weighted by Gasteiger charge is -2.35. The van der Waals surface area contributed by atoms with Crippen molar-refractivity contribution in [3.63, 3.8) is 0 Å². The Labute approximate surface area is 145 Å². The number of rotatable bonds is 4. The number of carbonyl (C=O) groups is 1. The first-order valence-electron chi connectivity index (χ1n) is 8.26. The maximum atomic E-state index is 13.1. The summed E-state index contributed by atoms with van der Waals surface area (Å²) in [5, 5.41) is 17.1. The molecule has 0 radical (unpaired) electrons. The first-order chi connectivity index (χ1) is 11.9. The number of nitrogens with two attached hydrogens (primary N) is 1. The van der Waals surface area contributed by atoms with Gasteiger partial charge < -0.3 is 11.1 Å². The van der Waals surface area contributed by atoms with E-state index in [1.54, 1.807) is 23.0 Å². The number of nitrogens with one attached hydrogen (secondary N) is 1. The van der Waals surface area contributed by atoms with Crippen LogP contribution in [0.4, 0.5) is 15.9 Å². The molecule has 7 heteroatoms.